The average Bonchev–Trinajstić information content (AvgIpc) is 2.81. The summed E-state index contributed by atoms with van der Waals surface area (Å²) in [6, 6.07) is 0.644. The number of rotatable bonds is 8. The van der Waals surface area contributed by atoms with E-state index in [1.807, 2.05) is 0 Å². The van der Waals surface area contributed by atoms with Crippen LogP contribution in [-0.2, 0) is 14.3 Å². The predicted octanol–water partition coefficient (Wildman–Crippen LogP) is 0.0782. The zero-order chi connectivity index (χ0) is 13.4. The zero-order valence-corrected chi connectivity index (χ0v) is 10.9. The number of aliphatic carboxylic acids is 1. The van der Waals surface area contributed by atoms with E-state index in [2.05, 4.69) is 22.0 Å². The summed E-state index contributed by atoms with van der Waals surface area (Å²) in [7, 11) is 2.07. The van der Waals surface area contributed by atoms with E-state index in [1.54, 1.807) is 0 Å². The van der Waals surface area contributed by atoms with Crippen LogP contribution in [0.1, 0.15) is 25.7 Å². The van der Waals surface area contributed by atoms with Gasteiger partial charge in [-0.3, -0.25) is 4.79 Å². The van der Waals surface area contributed by atoms with Crippen molar-refractivity contribution in [2.75, 3.05) is 33.4 Å². The molecule has 6 nitrogen and oxygen atoms in total. The Morgan fingerprint density at radius 2 is 2.00 bits per heavy atom. The summed E-state index contributed by atoms with van der Waals surface area (Å²) >= 11 is 0. The highest BCUT2D eigenvalue weighted by molar-refractivity contribution is 5.77. The van der Waals surface area contributed by atoms with Crippen LogP contribution >= 0.6 is 0 Å². The van der Waals surface area contributed by atoms with E-state index in [0.29, 0.717) is 12.6 Å². The van der Waals surface area contributed by atoms with E-state index in [-0.39, 0.29) is 12.5 Å². The Labute approximate surface area is 107 Å². The molecule has 6 heteroatoms. The largest absolute Gasteiger partial charge is 0.480 e. The molecule has 0 heterocycles. The number of carbonyl (C=O) groups is 2. The molecule has 18 heavy (non-hydrogen) atoms. The first-order valence-electron chi connectivity index (χ1n) is 6.36. The highest BCUT2D eigenvalue weighted by atomic mass is 16.5. The molecule has 1 amide bonds. The molecule has 0 radical (unpaired) electrons. The number of carboxylic acids is 1. The van der Waals surface area contributed by atoms with Crippen molar-refractivity contribution in [2.24, 2.45) is 0 Å². The Morgan fingerprint density at radius 3 is 2.61 bits per heavy atom. The van der Waals surface area contributed by atoms with E-state index in [4.69, 9.17) is 5.11 Å². The van der Waals surface area contributed by atoms with Crippen LogP contribution in [0.25, 0.3) is 0 Å². The first-order chi connectivity index (χ1) is 8.59. The van der Waals surface area contributed by atoms with Crippen LogP contribution in [0.4, 0.5) is 0 Å². The van der Waals surface area contributed by atoms with E-state index < -0.39 is 12.6 Å². The molecule has 1 rings (SSSR count). The maximum atomic E-state index is 11.3. The van der Waals surface area contributed by atoms with Crippen LogP contribution in [0.5, 0.6) is 0 Å². The van der Waals surface area contributed by atoms with Crippen molar-refractivity contribution >= 4 is 11.9 Å². The topological polar surface area (TPSA) is 78.9 Å². The third kappa shape index (κ3) is 5.97. The Morgan fingerprint density at radius 1 is 1.33 bits per heavy atom. The van der Waals surface area contributed by atoms with E-state index in [0.717, 1.165) is 6.54 Å². The number of hydrogen-bond donors (Lipinski definition) is 2. The maximum Gasteiger partial charge on any atom is 0.329 e. The van der Waals surface area contributed by atoms with E-state index >= 15 is 0 Å². The van der Waals surface area contributed by atoms with Gasteiger partial charge in [-0.1, -0.05) is 12.8 Å². The molecule has 1 aliphatic carbocycles. The summed E-state index contributed by atoms with van der Waals surface area (Å²) in [4.78, 5) is 23.7. The number of nitrogens with one attached hydrogen (secondary N) is 1. The molecule has 0 spiro atoms. The van der Waals surface area contributed by atoms with Gasteiger partial charge in [-0.2, -0.15) is 0 Å². The van der Waals surface area contributed by atoms with Crippen molar-refractivity contribution in [3.05, 3.63) is 0 Å². The van der Waals surface area contributed by atoms with E-state index in [9.17, 15) is 9.59 Å². The fourth-order valence-corrected chi connectivity index (χ4v) is 2.18. The lowest BCUT2D eigenvalue weighted by Gasteiger charge is -2.23. The summed E-state index contributed by atoms with van der Waals surface area (Å²) in [5, 5.41) is 11.0. The molecular formula is C12H22N2O4. The van der Waals surface area contributed by atoms with Gasteiger partial charge < -0.3 is 20.1 Å². The molecule has 0 aliphatic heterocycles. The van der Waals surface area contributed by atoms with Crippen molar-refractivity contribution in [3.63, 3.8) is 0 Å². The second-order valence-corrected chi connectivity index (χ2v) is 4.66. The standard InChI is InChI=1S/C12H22N2O4/c1-14(10-4-2-3-5-10)7-6-13-11(15)8-18-9-12(16)17/h10H,2-9H2,1H3,(H,13,15)(H,16,17). The predicted molar refractivity (Wildman–Crippen MR) is 66.4 cm³/mol. The molecule has 0 aromatic carbocycles. The lowest BCUT2D eigenvalue weighted by Crippen LogP contribution is -2.38. The van der Waals surface area contributed by atoms with Crippen LogP contribution in [-0.4, -0.2) is 61.3 Å². The fraction of sp³-hybridized carbons (Fsp3) is 0.833. The van der Waals surface area contributed by atoms with Crippen molar-refractivity contribution in [1.29, 1.82) is 0 Å². The second-order valence-electron chi connectivity index (χ2n) is 4.66. The number of carbonyl (C=O) groups excluding carboxylic acids is 1. The Kier molecular flexibility index (Phi) is 6.67. The van der Waals surface area contributed by atoms with Crippen LogP contribution in [0.2, 0.25) is 0 Å². The lowest BCUT2D eigenvalue weighted by molar-refractivity contribution is -0.143. The third-order valence-corrected chi connectivity index (χ3v) is 3.19. The summed E-state index contributed by atoms with van der Waals surface area (Å²) in [5.41, 5.74) is 0. The smallest absolute Gasteiger partial charge is 0.329 e. The molecule has 0 atom stereocenters. The SMILES string of the molecule is CN(CCNC(=O)COCC(=O)O)C1CCCC1. The highest BCUT2D eigenvalue weighted by Gasteiger charge is 2.18. The Bertz CT molecular complexity index is 277. The number of nitrogens with zero attached hydrogens (tertiary/aromatic N) is 1. The van der Waals surface area contributed by atoms with Gasteiger partial charge in [0.25, 0.3) is 0 Å². The molecule has 1 fully saturated rings. The van der Waals surface area contributed by atoms with Gasteiger partial charge in [0, 0.05) is 19.1 Å². The maximum absolute atomic E-state index is 11.3. The van der Waals surface area contributed by atoms with Crippen LogP contribution < -0.4 is 5.32 Å². The minimum absolute atomic E-state index is 0.195. The molecular weight excluding hydrogens is 236 g/mol. The zero-order valence-electron chi connectivity index (χ0n) is 10.9. The number of likely N-dealkylation sites (N-methyl/N-ethyl adjacent to an activating group) is 1. The number of ether oxygens (including phenoxy) is 1. The second kappa shape index (κ2) is 8.05. The first kappa shape index (κ1) is 14.9. The summed E-state index contributed by atoms with van der Waals surface area (Å²) in [6.07, 6.45) is 5.08. The molecule has 104 valence electrons. The summed E-state index contributed by atoms with van der Waals surface area (Å²) in [5.74, 6) is -1.33. The van der Waals surface area contributed by atoms with Gasteiger partial charge in [0.2, 0.25) is 5.91 Å². The van der Waals surface area contributed by atoms with Gasteiger partial charge in [0.1, 0.15) is 13.2 Å². The molecule has 1 saturated carbocycles. The number of hydrogen-bond acceptors (Lipinski definition) is 4. The van der Waals surface area contributed by atoms with Crippen LogP contribution in [0.3, 0.4) is 0 Å². The molecule has 0 unspecified atom stereocenters. The lowest BCUT2D eigenvalue weighted by atomic mass is 10.2. The Balaban J connectivity index is 2.02. The normalized spacial score (nSPS) is 16.1. The molecule has 2 N–H and O–H groups in total. The molecule has 0 aromatic heterocycles. The van der Waals surface area contributed by atoms with E-state index in [1.165, 1.54) is 25.7 Å². The minimum atomic E-state index is -1.07. The van der Waals surface area contributed by atoms with Gasteiger partial charge in [-0.15, -0.1) is 0 Å². The summed E-state index contributed by atoms with van der Waals surface area (Å²) < 4.78 is 4.69. The van der Waals surface area contributed by atoms with Crippen LogP contribution in [0.15, 0.2) is 0 Å². The van der Waals surface area contributed by atoms with Crippen molar-refractivity contribution in [3.8, 4) is 0 Å². The van der Waals surface area contributed by atoms with Gasteiger partial charge in [-0.05, 0) is 19.9 Å². The molecule has 0 bridgehead atoms. The van der Waals surface area contributed by atoms with Crippen molar-refractivity contribution in [1.82, 2.24) is 10.2 Å². The molecule has 0 saturated heterocycles. The molecule has 0 aromatic rings. The minimum Gasteiger partial charge on any atom is -0.480 e. The third-order valence-electron chi connectivity index (χ3n) is 3.19. The van der Waals surface area contributed by atoms with Gasteiger partial charge in [-0.25, -0.2) is 4.79 Å². The Hall–Kier alpha value is -1.14. The number of amides is 1. The van der Waals surface area contributed by atoms with Crippen molar-refractivity contribution in [2.45, 2.75) is 31.7 Å². The monoisotopic (exact) mass is 258 g/mol. The fourth-order valence-electron chi connectivity index (χ4n) is 2.18. The average molecular weight is 258 g/mol. The number of carboxylic acid groups (broad SMARTS) is 1. The van der Waals surface area contributed by atoms with Gasteiger partial charge >= 0.3 is 5.97 Å². The molecule has 1 aliphatic rings. The first-order valence-corrected chi connectivity index (χ1v) is 6.36. The highest BCUT2D eigenvalue weighted by Crippen LogP contribution is 2.21. The van der Waals surface area contributed by atoms with Crippen molar-refractivity contribution < 1.29 is 19.4 Å². The quantitative estimate of drug-likeness (QED) is 0.644. The van der Waals surface area contributed by atoms with Gasteiger partial charge in [0.15, 0.2) is 0 Å². The summed E-state index contributed by atoms with van der Waals surface area (Å²) in [6.45, 7) is 0.756. The van der Waals surface area contributed by atoms with Crippen LogP contribution in [0, 0.1) is 0 Å². The van der Waals surface area contributed by atoms with Gasteiger partial charge in [0.05, 0.1) is 0 Å².